The van der Waals surface area contributed by atoms with Crippen molar-refractivity contribution in [2.24, 2.45) is 0 Å². The van der Waals surface area contributed by atoms with Crippen LogP contribution in [0.2, 0.25) is 0 Å². The zero-order valence-corrected chi connectivity index (χ0v) is 11.2. The molecule has 3 nitrogen and oxygen atoms in total. The maximum atomic E-state index is 10.3. The van der Waals surface area contributed by atoms with Gasteiger partial charge in [-0.3, -0.25) is 4.79 Å². The van der Waals surface area contributed by atoms with Crippen molar-refractivity contribution in [3.63, 3.8) is 0 Å². The monoisotopic (exact) mass is 250 g/mol. The minimum absolute atomic E-state index is 0.253. The molecule has 0 bridgehead atoms. The Morgan fingerprint density at radius 2 is 1.94 bits per heavy atom. The maximum Gasteiger partial charge on any atom is 0.303 e. The van der Waals surface area contributed by atoms with Crippen LogP contribution in [0.25, 0.3) is 0 Å². The molecule has 0 aliphatic heterocycles. The van der Waals surface area contributed by atoms with Gasteiger partial charge in [0.2, 0.25) is 0 Å². The summed E-state index contributed by atoms with van der Waals surface area (Å²) in [6.07, 6.45) is 2.78. The lowest BCUT2D eigenvalue weighted by atomic mass is 10.0. The number of carboxylic acids is 1. The number of ether oxygens (including phenoxy) is 1. The third-order valence-electron chi connectivity index (χ3n) is 2.83. The van der Waals surface area contributed by atoms with E-state index in [0.717, 1.165) is 25.0 Å². The van der Waals surface area contributed by atoms with E-state index in [2.05, 4.69) is 19.9 Å². The highest BCUT2D eigenvalue weighted by Gasteiger charge is 2.06. The molecule has 0 spiro atoms. The fraction of sp³-hybridized carbons (Fsp3) is 0.533. The highest BCUT2D eigenvalue weighted by atomic mass is 16.5. The van der Waals surface area contributed by atoms with Gasteiger partial charge < -0.3 is 9.84 Å². The van der Waals surface area contributed by atoms with Crippen molar-refractivity contribution < 1.29 is 14.6 Å². The van der Waals surface area contributed by atoms with E-state index in [4.69, 9.17) is 9.84 Å². The summed E-state index contributed by atoms with van der Waals surface area (Å²) in [5.74, 6) is 0.681. The number of unbranched alkanes of at least 4 members (excludes halogenated alkanes) is 2. The minimum Gasteiger partial charge on any atom is -0.493 e. The Morgan fingerprint density at radius 1 is 1.22 bits per heavy atom. The molecule has 0 unspecified atom stereocenters. The molecule has 3 heteroatoms. The summed E-state index contributed by atoms with van der Waals surface area (Å²) in [6.45, 7) is 4.95. The second kappa shape index (κ2) is 7.75. The van der Waals surface area contributed by atoms with E-state index >= 15 is 0 Å². The molecule has 1 aromatic carbocycles. The second-order valence-corrected chi connectivity index (χ2v) is 4.75. The van der Waals surface area contributed by atoms with Crippen LogP contribution >= 0.6 is 0 Å². The molecule has 0 aliphatic rings. The van der Waals surface area contributed by atoms with Crippen molar-refractivity contribution in [1.82, 2.24) is 0 Å². The Balaban J connectivity index is 2.29. The van der Waals surface area contributed by atoms with Crippen LogP contribution in [0.5, 0.6) is 5.75 Å². The smallest absolute Gasteiger partial charge is 0.303 e. The highest BCUT2D eigenvalue weighted by Crippen LogP contribution is 2.25. The molecule has 0 amide bonds. The summed E-state index contributed by atoms with van der Waals surface area (Å²) >= 11 is 0. The quantitative estimate of drug-likeness (QED) is 0.713. The number of carboxylic acid groups (broad SMARTS) is 1. The topological polar surface area (TPSA) is 46.5 Å². The second-order valence-electron chi connectivity index (χ2n) is 4.75. The van der Waals surface area contributed by atoms with Crippen LogP contribution in [-0.4, -0.2) is 17.7 Å². The van der Waals surface area contributed by atoms with Crippen LogP contribution in [0.15, 0.2) is 24.3 Å². The van der Waals surface area contributed by atoms with E-state index in [1.54, 1.807) is 0 Å². The number of para-hydroxylation sites is 1. The Bertz CT molecular complexity index is 372. The van der Waals surface area contributed by atoms with Crippen molar-refractivity contribution in [2.45, 2.75) is 45.4 Å². The van der Waals surface area contributed by atoms with E-state index in [0.29, 0.717) is 12.5 Å². The fourth-order valence-corrected chi connectivity index (χ4v) is 1.83. The van der Waals surface area contributed by atoms with Crippen molar-refractivity contribution in [3.05, 3.63) is 29.8 Å². The molecule has 0 fully saturated rings. The van der Waals surface area contributed by atoms with Gasteiger partial charge in [0.1, 0.15) is 5.75 Å². The molecular weight excluding hydrogens is 228 g/mol. The molecule has 1 rings (SSSR count). The molecule has 0 saturated carbocycles. The van der Waals surface area contributed by atoms with E-state index in [9.17, 15) is 4.79 Å². The molecule has 0 heterocycles. The molecular formula is C15H22O3. The Hall–Kier alpha value is -1.51. The summed E-state index contributed by atoms with van der Waals surface area (Å²) in [4.78, 5) is 10.3. The van der Waals surface area contributed by atoms with Crippen LogP contribution in [0, 0.1) is 0 Å². The van der Waals surface area contributed by atoms with Gasteiger partial charge in [0.25, 0.3) is 0 Å². The SMILES string of the molecule is CC(C)c1ccccc1OCCCCCC(=O)O. The van der Waals surface area contributed by atoms with Crippen molar-refractivity contribution in [3.8, 4) is 5.75 Å². The molecule has 0 radical (unpaired) electrons. The first-order chi connectivity index (χ1) is 8.61. The number of hydrogen-bond acceptors (Lipinski definition) is 2. The van der Waals surface area contributed by atoms with Gasteiger partial charge in [0, 0.05) is 6.42 Å². The third kappa shape index (κ3) is 5.21. The summed E-state index contributed by atoms with van der Waals surface area (Å²) in [5.41, 5.74) is 1.23. The largest absolute Gasteiger partial charge is 0.493 e. The first kappa shape index (κ1) is 14.6. The molecule has 0 saturated heterocycles. The van der Waals surface area contributed by atoms with E-state index < -0.39 is 5.97 Å². The first-order valence-electron chi connectivity index (χ1n) is 6.54. The van der Waals surface area contributed by atoms with Gasteiger partial charge in [-0.1, -0.05) is 32.0 Å². The summed E-state index contributed by atoms with van der Waals surface area (Å²) in [7, 11) is 0. The average molecular weight is 250 g/mol. The van der Waals surface area contributed by atoms with E-state index in [-0.39, 0.29) is 6.42 Å². The molecule has 100 valence electrons. The Labute approximate surface area is 109 Å². The van der Waals surface area contributed by atoms with Gasteiger partial charge in [-0.25, -0.2) is 0 Å². The third-order valence-corrected chi connectivity index (χ3v) is 2.83. The summed E-state index contributed by atoms with van der Waals surface area (Å²) < 4.78 is 5.76. The molecule has 0 atom stereocenters. The number of aliphatic carboxylic acids is 1. The number of benzene rings is 1. The molecule has 0 aliphatic carbocycles. The number of hydrogen-bond donors (Lipinski definition) is 1. The van der Waals surface area contributed by atoms with Crippen LogP contribution in [-0.2, 0) is 4.79 Å². The van der Waals surface area contributed by atoms with Crippen molar-refractivity contribution >= 4 is 5.97 Å². The lowest BCUT2D eigenvalue weighted by Gasteiger charge is -2.13. The summed E-state index contributed by atoms with van der Waals surface area (Å²) in [6, 6.07) is 8.08. The van der Waals surface area contributed by atoms with Crippen LogP contribution in [0.1, 0.15) is 51.0 Å². The Kier molecular flexibility index (Phi) is 6.26. The zero-order valence-electron chi connectivity index (χ0n) is 11.2. The standard InChI is InChI=1S/C15H22O3/c1-12(2)13-8-5-6-9-14(13)18-11-7-3-4-10-15(16)17/h5-6,8-9,12H,3-4,7,10-11H2,1-2H3,(H,16,17). The van der Waals surface area contributed by atoms with Crippen molar-refractivity contribution in [1.29, 1.82) is 0 Å². The predicted molar refractivity (Wildman–Crippen MR) is 72.1 cm³/mol. The van der Waals surface area contributed by atoms with Gasteiger partial charge in [0.15, 0.2) is 0 Å². The average Bonchev–Trinajstić information content (AvgIpc) is 2.33. The number of carbonyl (C=O) groups is 1. The van der Waals surface area contributed by atoms with Crippen LogP contribution in [0.3, 0.4) is 0 Å². The van der Waals surface area contributed by atoms with Gasteiger partial charge >= 0.3 is 5.97 Å². The maximum absolute atomic E-state index is 10.3. The van der Waals surface area contributed by atoms with E-state index in [1.165, 1.54) is 5.56 Å². The van der Waals surface area contributed by atoms with Crippen LogP contribution in [0.4, 0.5) is 0 Å². The number of rotatable bonds is 8. The first-order valence-corrected chi connectivity index (χ1v) is 6.54. The lowest BCUT2D eigenvalue weighted by molar-refractivity contribution is -0.137. The van der Waals surface area contributed by atoms with Crippen molar-refractivity contribution in [2.75, 3.05) is 6.61 Å². The fourth-order valence-electron chi connectivity index (χ4n) is 1.83. The molecule has 1 N–H and O–H groups in total. The highest BCUT2D eigenvalue weighted by molar-refractivity contribution is 5.66. The molecule has 1 aromatic rings. The molecule has 0 aromatic heterocycles. The molecule has 18 heavy (non-hydrogen) atoms. The lowest BCUT2D eigenvalue weighted by Crippen LogP contribution is -2.02. The van der Waals surface area contributed by atoms with E-state index in [1.807, 2.05) is 18.2 Å². The van der Waals surface area contributed by atoms with Gasteiger partial charge in [0.05, 0.1) is 6.61 Å². The van der Waals surface area contributed by atoms with Gasteiger partial charge in [-0.15, -0.1) is 0 Å². The Morgan fingerprint density at radius 3 is 2.61 bits per heavy atom. The summed E-state index contributed by atoms with van der Waals surface area (Å²) in [5, 5.41) is 8.51. The zero-order chi connectivity index (χ0) is 13.4. The normalized spacial score (nSPS) is 10.6. The van der Waals surface area contributed by atoms with Crippen LogP contribution < -0.4 is 4.74 Å². The predicted octanol–water partition coefficient (Wildman–Crippen LogP) is 3.83. The minimum atomic E-state index is -0.721. The van der Waals surface area contributed by atoms with Gasteiger partial charge in [-0.05, 0) is 36.8 Å². The van der Waals surface area contributed by atoms with Gasteiger partial charge in [-0.2, -0.15) is 0 Å².